The molecule has 0 bridgehead atoms. The largest absolute Gasteiger partial charge is 0.466 e. The van der Waals surface area contributed by atoms with Crippen LogP contribution in [0, 0.1) is 0 Å². The molecular weight excluding hydrogens is 400 g/mol. The van der Waals surface area contributed by atoms with E-state index in [0.29, 0.717) is 32.7 Å². The van der Waals surface area contributed by atoms with Gasteiger partial charge in [0.25, 0.3) is 0 Å². The van der Waals surface area contributed by atoms with E-state index < -0.39 is 17.7 Å². The summed E-state index contributed by atoms with van der Waals surface area (Å²) in [6, 6.07) is 0. The number of rotatable bonds is 9. The van der Waals surface area contributed by atoms with Crippen molar-refractivity contribution in [2.45, 2.75) is 77.2 Å². The van der Waals surface area contributed by atoms with Gasteiger partial charge in [-0.2, -0.15) is 0 Å². The normalized spacial score (nSPS) is 30.9. The molecule has 2 N–H and O–H groups in total. The zero-order valence-corrected chi connectivity index (χ0v) is 18.4. The molecule has 10 heteroatoms. The summed E-state index contributed by atoms with van der Waals surface area (Å²) in [4.78, 5) is 22.2. The molecule has 0 amide bonds. The summed E-state index contributed by atoms with van der Waals surface area (Å²) >= 11 is 0. The summed E-state index contributed by atoms with van der Waals surface area (Å²) in [5.74, 6) is -2.04. The Labute approximate surface area is 177 Å². The summed E-state index contributed by atoms with van der Waals surface area (Å²) in [5.41, 5.74) is 0. The maximum atomic E-state index is 11.1. The van der Waals surface area contributed by atoms with Gasteiger partial charge in [0.1, 0.15) is 12.2 Å². The van der Waals surface area contributed by atoms with Gasteiger partial charge >= 0.3 is 11.9 Å². The van der Waals surface area contributed by atoms with E-state index in [1.807, 2.05) is 0 Å². The molecule has 176 valence electrons. The van der Waals surface area contributed by atoms with Gasteiger partial charge in [0.05, 0.1) is 52.5 Å². The molecule has 10 nitrogen and oxygen atoms in total. The van der Waals surface area contributed by atoms with E-state index in [-0.39, 0.29) is 50.7 Å². The van der Waals surface area contributed by atoms with Gasteiger partial charge in [0.15, 0.2) is 11.6 Å². The van der Waals surface area contributed by atoms with Crippen LogP contribution in [0.3, 0.4) is 0 Å². The highest BCUT2D eigenvalue weighted by Crippen LogP contribution is 2.28. The van der Waals surface area contributed by atoms with Crippen LogP contribution < -0.4 is 0 Å². The van der Waals surface area contributed by atoms with Crippen LogP contribution in [-0.4, -0.2) is 85.6 Å². The number of carbonyl (C=O) groups excluding carboxylic acids is 2. The van der Waals surface area contributed by atoms with Crippen LogP contribution >= 0.6 is 0 Å². The lowest BCUT2D eigenvalue weighted by Gasteiger charge is -2.35. The zero-order valence-electron chi connectivity index (χ0n) is 18.4. The summed E-state index contributed by atoms with van der Waals surface area (Å²) < 4.78 is 31.1. The fourth-order valence-electron chi connectivity index (χ4n) is 2.81. The van der Waals surface area contributed by atoms with E-state index in [9.17, 15) is 9.59 Å². The first-order chi connectivity index (χ1) is 14.1. The molecule has 2 rings (SSSR count). The first-order valence-electron chi connectivity index (χ1n) is 10.3. The van der Waals surface area contributed by atoms with Crippen LogP contribution in [0.4, 0.5) is 0 Å². The molecule has 0 aromatic heterocycles. The number of ether oxygens (including phenoxy) is 6. The van der Waals surface area contributed by atoms with Gasteiger partial charge in [-0.3, -0.25) is 9.59 Å². The van der Waals surface area contributed by atoms with Gasteiger partial charge in [0.2, 0.25) is 0 Å². The maximum Gasteiger partial charge on any atom is 0.305 e. The molecule has 0 spiro atoms. The second-order valence-corrected chi connectivity index (χ2v) is 7.39. The Morgan fingerprint density at radius 2 is 1.37 bits per heavy atom. The molecule has 2 atom stereocenters. The minimum Gasteiger partial charge on any atom is -0.466 e. The van der Waals surface area contributed by atoms with E-state index in [1.54, 1.807) is 27.7 Å². The number of esters is 2. The van der Waals surface area contributed by atoms with E-state index in [1.165, 1.54) is 0 Å². The van der Waals surface area contributed by atoms with Crippen LogP contribution in [0.15, 0.2) is 0 Å². The molecule has 0 aromatic carbocycles. The Hall–Kier alpha value is -1.30. The third-order valence-corrected chi connectivity index (χ3v) is 4.53. The highest BCUT2D eigenvalue weighted by Gasteiger charge is 2.37. The van der Waals surface area contributed by atoms with E-state index in [2.05, 4.69) is 0 Å². The number of hydrogen-bond acceptors (Lipinski definition) is 10. The average molecular weight is 436 g/mol. The highest BCUT2D eigenvalue weighted by molar-refractivity contribution is 5.69. The third-order valence-electron chi connectivity index (χ3n) is 4.53. The van der Waals surface area contributed by atoms with Crippen LogP contribution in [-0.2, 0) is 38.0 Å². The van der Waals surface area contributed by atoms with E-state index in [0.717, 1.165) is 0 Å². The van der Waals surface area contributed by atoms with Gasteiger partial charge in [-0.15, -0.1) is 0 Å². The highest BCUT2D eigenvalue weighted by atomic mass is 16.7. The van der Waals surface area contributed by atoms with Crippen molar-refractivity contribution >= 4 is 11.9 Å². The average Bonchev–Trinajstić information content (AvgIpc) is 3.10. The molecular formula is C20H36O10. The topological polar surface area (TPSA) is 130 Å². The molecule has 0 aliphatic carbocycles. The first kappa shape index (κ1) is 26.7. The predicted octanol–water partition coefficient (Wildman–Crippen LogP) is 0.907. The fourth-order valence-corrected chi connectivity index (χ4v) is 2.81. The SMILES string of the molecule is CCOC(=O)CCC1(C)OCC(CO)O1.CCOC(=O)CCC1(C)OCC(O)CO1. The molecule has 0 radical (unpaired) electrons. The molecule has 2 heterocycles. The Bertz CT molecular complexity index is 496. The van der Waals surface area contributed by atoms with Gasteiger partial charge in [-0.25, -0.2) is 0 Å². The van der Waals surface area contributed by atoms with Crippen LogP contribution in [0.25, 0.3) is 0 Å². The lowest BCUT2D eigenvalue weighted by Crippen LogP contribution is -2.44. The van der Waals surface area contributed by atoms with Crippen LogP contribution in [0.2, 0.25) is 0 Å². The number of aliphatic hydroxyl groups excluding tert-OH is 2. The summed E-state index contributed by atoms with van der Waals surface area (Å²) in [7, 11) is 0. The fraction of sp³-hybridized carbons (Fsp3) is 0.900. The summed E-state index contributed by atoms with van der Waals surface area (Å²) in [6.07, 6.45) is 0.571. The minimum atomic E-state index is -0.772. The Balaban J connectivity index is 0.000000300. The number of hydrogen-bond donors (Lipinski definition) is 2. The quantitative estimate of drug-likeness (QED) is 0.503. The second-order valence-electron chi connectivity index (χ2n) is 7.39. The van der Waals surface area contributed by atoms with Crippen molar-refractivity contribution in [3.8, 4) is 0 Å². The minimum absolute atomic E-state index is 0.0605. The summed E-state index contributed by atoms with van der Waals surface area (Å²) in [6.45, 7) is 8.64. The molecule has 2 unspecified atom stereocenters. The summed E-state index contributed by atoms with van der Waals surface area (Å²) in [5, 5.41) is 18.0. The van der Waals surface area contributed by atoms with Crippen LogP contribution in [0.1, 0.15) is 53.4 Å². The van der Waals surface area contributed by atoms with Crippen molar-refractivity contribution in [3.05, 3.63) is 0 Å². The van der Waals surface area contributed by atoms with E-state index in [4.69, 9.17) is 38.6 Å². The van der Waals surface area contributed by atoms with Crippen molar-refractivity contribution in [3.63, 3.8) is 0 Å². The van der Waals surface area contributed by atoms with Crippen molar-refractivity contribution in [1.82, 2.24) is 0 Å². The molecule has 2 fully saturated rings. The second kappa shape index (κ2) is 13.2. The van der Waals surface area contributed by atoms with Gasteiger partial charge in [0, 0.05) is 12.8 Å². The Morgan fingerprint density at radius 3 is 1.80 bits per heavy atom. The lowest BCUT2D eigenvalue weighted by atomic mass is 10.1. The number of carbonyl (C=O) groups is 2. The Kier molecular flexibility index (Phi) is 11.7. The molecule has 2 aliphatic heterocycles. The lowest BCUT2D eigenvalue weighted by molar-refractivity contribution is -0.285. The molecule has 30 heavy (non-hydrogen) atoms. The molecule has 0 aromatic rings. The molecule has 0 saturated carbocycles. The third kappa shape index (κ3) is 10.1. The van der Waals surface area contributed by atoms with Gasteiger partial charge < -0.3 is 38.6 Å². The monoisotopic (exact) mass is 436 g/mol. The van der Waals surface area contributed by atoms with E-state index >= 15 is 0 Å². The van der Waals surface area contributed by atoms with Crippen LogP contribution in [0.5, 0.6) is 0 Å². The van der Waals surface area contributed by atoms with Crippen molar-refractivity contribution in [1.29, 1.82) is 0 Å². The smallest absolute Gasteiger partial charge is 0.305 e. The predicted molar refractivity (Wildman–Crippen MR) is 104 cm³/mol. The van der Waals surface area contributed by atoms with Crippen molar-refractivity contribution in [2.24, 2.45) is 0 Å². The molecule has 2 saturated heterocycles. The Morgan fingerprint density at radius 1 is 0.900 bits per heavy atom. The molecule has 2 aliphatic rings. The standard InChI is InChI=1S/2C10H18O5/c1-3-13-9(12)4-5-10(2)14-6-8(11)7-15-10;1-3-13-9(12)4-5-10(2)14-7-8(6-11)15-10/h2*8,11H,3-7H2,1-2H3. The zero-order chi connectivity index (χ0) is 22.6. The first-order valence-corrected chi connectivity index (χ1v) is 10.3. The van der Waals surface area contributed by atoms with Crippen molar-refractivity contribution < 1.29 is 48.2 Å². The number of aliphatic hydroxyl groups is 2. The van der Waals surface area contributed by atoms with Crippen molar-refractivity contribution in [2.75, 3.05) is 39.6 Å². The van der Waals surface area contributed by atoms with Gasteiger partial charge in [-0.05, 0) is 27.7 Å². The maximum absolute atomic E-state index is 11.1. The van der Waals surface area contributed by atoms with Gasteiger partial charge in [-0.1, -0.05) is 0 Å².